The first kappa shape index (κ1) is 14.2. The molecule has 3 heteroatoms. The molecule has 0 fully saturated rings. The van der Waals surface area contributed by atoms with Gasteiger partial charge >= 0.3 is 0 Å². The zero-order valence-corrected chi connectivity index (χ0v) is 12.4. The lowest BCUT2D eigenvalue weighted by molar-refractivity contribution is 0.154. The van der Waals surface area contributed by atoms with Crippen LogP contribution in [-0.2, 0) is 11.2 Å². The largest absolute Gasteiger partial charge is 0.382 e. The molecule has 0 saturated heterocycles. The highest BCUT2D eigenvalue weighted by Gasteiger charge is 2.15. The molecular formula is C16H26N2O. The number of anilines is 2. The van der Waals surface area contributed by atoms with E-state index in [4.69, 9.17) is 4.74 Å². The van der Waals surface area contributed by atoms with Gasteiger partial charge in [-0.3, -0.25) is 0 Å². The van der Waals surface area contributed by atoms with Crippen LogP contribution in [0.3, 0.4) is 0 Å². The van der Waals surface area contributed by atoms with Crippen molar-refractivity contribution in [1.29, 1.82) is 0 Å². The Morgan fingerprint density at radius 1 is 1.37 bits per heavy atom. The first-order chi connectivity index (χ1) is 9.24. The number of nitrogens with zero attached hydrogens (tertiary/aromatic N) is 1. The zero-order valence-electron chi connectivity index (χ0n) is 12.4. The van der Waals surface area contributed by atoms with Crippen molar-refractivity contribution in [1.82, 2.24) is 0 Å². The van der Waals surface area contributed by atoms with Crippen molar-refractivity contribution in [2.24, 2.45) is 0 Å². The lowest BCUT2D eigenvalue weighted by Crippen LogP contribution is -2.28. The Morgan fingerprint density at radius 2 is 2.21 bits per heavy atom. The third-order valence-electron chi connectivity index (χ3n) is 3.79. The molecule has 0 radical (unpaired) electrons. The van der Waals surface area contributed by atoms with Gasteiger partial charge in [0.2, 0.25) is 0 Å². The highest BCUT2D eigenvalue weighted by molar-refractivity contribution is 5.62. The summed E-state index contributed by atoms with van der Waals surface area (Å²) < 4.78 is 5.46. The van der Waals surface area contributed by atoms with Crippen LogP contribution >= 0.6 is 0 Å². The Hall–Kier alpha value is -1.22. The summed E-state index contributed by atoms with van der Waals surface area (Å²) in [5.74, 6) is 0. The SMILES string of the molecule is CCOCCN(CC)c1ccc2c(c1)CCC(C)N2. The van der Waals surface area contributed by atoms with E-state index < -0.39 is 0 Å². The Kier molecular flexibility index (Phi) is 5.08. The lowest BCUT2D eigenvalue weighted by atomic mass is 9.98. The molecule has 1 N–H and O–H groups in total. The molecule has 1 unspecified atom stereocenters. The molecule has 1 aromatic carbocycles. The molecule has 3 nitrogen and oxygen atoms in total. The van der Waals surface area contributed by atoms with Gasteiger partial charge in [-0.05, 0) is 57.4 Å². The Balaban J connectivity index is 2.07. The predicted molar refractivity (Wildman–Crippen MR) is 82.2 cm³/mol. The Bertz CT molecular complexity index is 406. The standard InChI is InChI=1S/C16H26N2O/c1-4-18(10-11-19-5-2)15-8-9-16-14(12-15)7-6-13(3)17-16/h8-9,12-13,17H,4-7,10-11H2,1-3H3. The van der Waals surface area contributed by atoms with Gasteiger partial charge in [0.1, 0.15) is 0 Å². The normalized spacial score (nSPS) is 17.7. The number of benzene rings is 1. The van der Waals surface area contributed by atoms with Gasteiger partial charge in [-0.25, -0.2) is 0 Å². The maximum Gasteiger partial charge on any atom is 0.0641 e. The van der Waals surface area contributed by atoms with E-state index in [9.17, 15) is 0 Å². The predicted octanol–water partition coefficient (Wildman–Crippen LogP) is 3.30. The van der Waals surface area contributed by atoms with Crippen molar-refractivity contribution in [2.75, 3.05) is 36.5 Å². The second-order valence-electron chi connectivity index (χ2n) is 5.20. The first-order valence-corrected chi connectivity index (χ1v) is 7.46. The second-order valence-corrected chi connectivity index (χ2v) is 5.20. The third kappa shape index (κ3) is 3.63. The van der Waals surface area contributed by atoms with E-state index in [1.807, 2.05) is 6.92 Å². The number of aryl methyl sites for hydroxylation is 1. The molecule has 2 rings (SSSR count). The quantitative estimate of drug-likeness (QED) is 0.796. The lowest BCUT2D eigenvalue weighted by Gasteiger charge is -2.28. The van der Waals surface area contributed by atoms with E-state index >= 15 is 0 Å². The van der Waals surface area contributed by atoms with Gasteiger partial charge in [0, 0.05) is 37.1 Å². The van der Waals surface area contributed by atoms with E-state index in [0.29, 0.717) is 6.04 Å². The molecule has 0 aliphatic carbocycles. The number of nitrogens with one attached hydrogen (secondary N) is 1. The Labute approximate surface area is 116 Å². The van der Waals surface area contributed by atoms with Crippen molar-refractivity contribution < 1.29 is 4.74 Å². The topological polar surface area (TPSA) is 24.5 Å². The van der Waals surface area contributed by atoms with E-state index in [0.717, 1.165) is 26.3 Å². The van der Waals surface area contributed by atoms with Crippen molar-refractivity contribution in [3.8, 4) is 0 Å². The first-order valence-electron chi connectivity index (χ1n) is 7.46. The fourth-order valence-corrected chi connectivity index (χ4v) is 2.62. The monoisotopic (exact) mass is 262 g/mol. The molecule has 0 amide bonds. The molecule has 106 valence electrons. The molecule has 0 saturated carbocycles. The van der Waals surface area contributed by atoms with Crippen LogP contribution in [0.4, 0.5) is 11.4 Å². The highest BCUT2D eigenvalue weighted by atomic mass is 16.5. The van der Waals surface area contributed by atoms with E-state index in [2.05, 4.69) is 42.3 Å². The van der Waals surface area contributed by atoms with Gasteiger partial charge in [-0.15, -0.1) is 0 Å². The molecule has 19 heavy (non-hydrogen) atoms. The summed E-state index contributed by atoms with van der Waals surface area (Å²) in [5, 5.41) is 3.55. The van der Waals surface area contributed by atoms with Gasteiger partial charge in [0.15, 0.2) is 0 Å². The average Bonchev–Trinajstić information content (AvgIpc) is 2.43. The zero-order chi connectivity index (χ0) is 13.7. The molecular weight excluding hydrogens is 236 g/mol. The summed E-state index contributed by atoms with van der Waals surface area (Å²) in [5.41, 5.74) is 4.08. The fourth-order valence-electron chi connectivity index (χ4n) is 2.62. The van der Waals surface area contributed by atoms with Crippen LogP contribution in [0.1, 0.15) is 32.8 Å². The molecule has 0 bridgehead atoms. The third-order valence-corrected chi connectivity index (χ3v) is 3.79. The highest BCUT2D eigenvalue weighted by Crippen LogP contribution is 2.28. The molecule has 1 aromatic rings. The van der Waals surface area contributed by atoms with Crippen LogP contribution < -0.4 is 10.2 Å². The summed E-state index contributed by atoms with van der Waals surface area (Å²) >= 11 is 0. The smallest absolute Gasteiger partial charge is 0.0641 e. The van der Waals surface area contributed by atoms with Crippen LogP contribution in [0.15, 0.2) is 18.2 Å². The van der Waals surface area contributed by atoms with E-state index in [1.165, 1.54) is 29.8 Å². The van der Waals surface area contributed by atoms with Crippen LogP contribution in [0.5, 0.6) is 0 Å². The summed E-state index contributed by atoms with van der Waals surface area (Å²) in [6.07, 6.45) is 2.40. The summed E-state index contributed by atoms with van der Waals surface area (Å²) in [7, 11) is 0. The van der Waals surface area contributed by atoms with Gasteiger partial charge in [-0.1, -0.05) is 0 Å². The minimum absolute atomic E-state index is 0.596. The van der Waals surface area contributed by atoms with Crippen molar-refractivity contribution in [3.05, 3.63) is 23.8 Å². The second kappa shape index (κ2) is 6.80. The minimum Gasteiger partial charge on any atom is -0.382 e. The maximum atomic E-state index is 5.46. The average molecular weight is 262 g/mol. The number of hydrogen-bond donors (Lipinski definition) is 1. The van der Waals surface area contributed by atoms with Gasteiger partial charge in [-0.2, -0.15) is 0 Å². The number of hydrogen-bond acceptors (Lipinski definition) is 3. The maximum absolute atomic E-state index is 5.46. The molecule has 0 spiro atoms. The summed E-state index contributed by atoms with van der Waals surface area (Å²) in [4.78, 5) is 2.38. The molecule has 1 aliphatic rings. The minimum atomic E-state index is 0.596. The molecule has 1 aliphatic heterocycles. The van der Waals surface area contributed by atoms with Gasteiger partial charge in [0.25, 0.3) is 0 Å². The van der Waals surface area contributed by atoms with E-state index in [1.54, 1.807) is 0 Å². The molecule has 0 aromatic heterocycles. The molecule has 1 atom stereocenters. The number of likely N-dealkylation sites (N-methyl/N-ethyl adjacent to an activating group) is 1. The van der Waals surface area contributed by atoms with Gasteiger partial charge in [0.05, 0.1) is 6.61 Å². The summed E-state index contributed by atoms with van der Waals surface area (Å²) in [6, 6.07) is 7.38. The number of fused-ring (bicyclic) bond motifs is 1. The molecule has 1 heterocycles. The van der Waals surface area contributed by atoms with Crippen LogP contribution in [0.2, 0.25) is 0 Å². The van der Waals surface area contributed by atoms with Crippen molar-refractivity contribution in [2.45, 2.75) is 39.7 Å². The fraction of sp³-hybridized carbons (Fsp3) is 0.625. The van der Waals surface area contributed by atoms with Crippen molar-refractivity contribution in [3.63, 3.8) is 0 Å². The van der Waals surface area contributed by atoms with Crippen molar-refractivity contribution >= 4 is 11.4 Å². The van der Waals surface area contributed by atoms with Crippen LogP contribution in [0.25, 0.3) is 0 Å². The van der Waals surface area contributed by atoms with Crippen LogP contribution in [-0.4, -0.2) is 32.3 Å². The van der Waals surface area contributed by atoms with Crippen LogP contribution in [0, 0.1) is 0 Å². The summed E-state index contributed by atoms with van der Waals surface area (Å²) in [6.45, 7) is 10.1. The number of rotatable bonds is 6. The van der Waals surface area contributed by atoms with Gasteiger partial charge < -0.3 is 15.0 Å². The Morgan fingerprint density at radius 3 is 2.95 bits per heavy atom. The number of ether oxygens (including phenoxy) is 1. The van der Waals surface area contributed by atoms with E-state index in [-0.39, 0.29) is 0 Å².